The normalized spacial score (nSPS) is 16.4. The maximum atomic E-state index is 5.92. The summed E-state index contributed by atoms with van der Waals surface area (Å²) >= 11 is 5.92. The fourth-order valence-corrected chi connectivity index (χ4v) is 2.41. The first-order chi connectivity index (χ1) is 6.42. The lowest BCUT2D eigenvalue weighted by Gasteiger charge is -2.09. The number of hydrogen-bond donors (Lipinski definition) is 0. The van der Waals surface area contributed by atoms with Gasteiger partial charge in [0.25, 0.3) is 0 Å². The molecule has 0 aliphatic heterocycles. The average Bonchev–Trinajstić information content (AvgIpc) is 2.41. The minimum absolute atomic E-state index is 0.670. The molecular formula is C12H15Cl. The van der Waals surface area contributed by atoms with Crippen LogP contribution in [0.25, 0.3) is 0 Å². The molecule has 0 heterocycles. The average molecular weight is 195 g/mol. The Morgan fingerprint density at radius 1 is 1.08 bits per heavy atom. The highest BCUT2D eigenvalue weighted by Crippen LogP contribution is 2.24. The Labute approximate surface area is 84.9 Å². The lowest BCUT2D eigenvalue weighted by atomic mass is 9.98. The van der Waals surface area contributed by atoms with Crippen molar-refractivity contribution >= 4 is 11.6 Å². The van der Waals surface area contributed by atoms with Crippen LogP contribution in [0.5, 0.6) is 0 Å². The predicted octanol–water partition coefficient (Wildman–Crippen LogP) is 3.69. The van der Waals surface area contributed by atoms with Gasteiger partial charge in [-0.15, -0.1) is 11.6 Å². The lowest BCUT2D eigenvalue weighted by molar-refractivity contribution is 0.711. The van der Waals surface area contributed by atoms with Gasteiger partial charge < -0.3 is 0 Å². The molecule has 0 N–H and O–H groups in total. The van der Waals surface area contributed by atoms with Gasteiger partial charge in [0.2, 0.25) is 0 Å². The van der Waals surface area contributed by atoms with Gasteiger partial charge in [0.05, 0.1) is 0 Å². The number of alkyl halides is 1. The Hall–Kier alpha value is -0.490. The zero-order chi connectivity index (χ0) is 9.10. The van der Waals surface area contributed by atoms with E-state index in [9.17, 15) is 0 Å². The highest BCUT2D eigenvalue weighted by atomic mass is 35.5. The third-order valence-corrected chi connectivity index (χ3v) is 3.17. The minimum atomic E-state index is 0.670. The van der Waals surface area contributed by atoms with Crippen LogP contribution in [0.4, 0.5) is 0 Å². The van der Waals surface area contributed by atoms with Crippen LogP contribution >= 0.6 is 11.6 Å². The molecule has 1 aromatic rings. The minimum Gasteiger partial charge on any atom is -0.122 e. The molecule has 70 valence electrons. The highest BCUT2D eigenvalue weighted by Gasteiger charge is 2.10. The maximum absolute atomic E-state index is 5.92. The standard InChI is InChI=1S/C12H15Cl/c13-9-11-7-4-6-10-5-2-1-3-8-12(10)11/h4,6-7H,1-3,5,8-9H2. The molecule has 0 aromatic heterocycles. The van der Waals surface area contributed by atoms with Crippen molar-refractivity contribution in [2.24, 2.45) is 0 Å². The Kier molecular flexibility index (Phi) is 2.90. The summed E-state index contributed by atoms with van der Waals surface area (Å²) in [6.45, 7) is 0. The first-order valence-corrected chi connectivity index (χ1v) is 5.61. The summed E-state index contributed by atoms with van der Waals surface area (Å²) < 4.78 is 0. The summed E-state index contributed by atoms with van der Waals surface area (Å²) in [5.74, 6) is 0.670. The number of fused-ring (bicyclic) bond motifs is 1. The molecule has 1 aliphatic rings. The summed E-state index contributed by atoms with van der Waals surface area (Å²) in [6, 6.07) is 6.57. The summed E-state index contributed by atoms with van der Waals surface area (Å²) in [7, 11) is 0. The van der Waals surface area contributed by atoms with E-state index in [1.807, 2.05) is 0 Å². The number of hydrogen-bond acceptors (Lipinski definition) is 0. The van der Waals surface area contributed by atoms with Crippen LogP contribution in [-0.2, 0) is 18.7 Å². The van der Waals surface area contributed by atoms with Crippen LogP contribution in [0.2, 0.25) is 0 Å². The Morgan fingerprint density at radius 2 is 1.92 bits per heavy atom. The van der Waals surface area contributed by atoms with Gasteiger partial charge in [-0.2, -0.15) is 0 Å². The van der Waals surface area contributed by atoms with Crippen molar-refractivity contribution in [3.05, 3.63) is 34.9 Å². The number of halogens is 1. The van der Waals surface area contributed by atoms with E-state index in [2.05, 4.69) is 18.2 Å². The van der Waals surface area contributed by atoms with Gasteiger partial charge >= 0.3 is 0 Å². The second-order valence-electron chi connectivity index (χ2n) is 3.75. The molecule has 1 aromatic carbocycles. The van der Waals surface area contributed by atoms with Crippen molar-refractivity contribution in [3.8, 4) is 0 Å². The molecule has 0 saturated heterocycles. The molecule has 1 heteroatoms. The molecule has 13 heavy (non-hydrogen) atoms. The van der Waals surface area contributed by atoms with Gasteiger partial charge in [-0.1, -0.05) is 24.6 Å². The SMILES string of the molecule is ClCc1cccc2c1CCCCC2. The van der Waals surface area contributed by atoms with Gasteiger partial charge in [-0.05, 0) is 42.4 Å². The zero-order valence-electron chi connectivity index (χ0n) is 7.85. The molecule has 0 unspecified atom stereocenters. The molecule has 0 nitrogen and oxygen atoms in total. The fourth-order valence-electron chi connectivity index (χ4n) is 2.16. The smallest absolute Gasteiger partial charge is 0.0476 e. The third kappa shape index (κ3) is 1.88. The first-order valence-electron chi connectivity index (χ1n) is 5.07. The summed E-state index contributed by atoms with van der Waals surface area (Å²) in [5.41, 5.74) is 4.42. The Balaban J connectivity index is 2.40. The molecule has 0 radical (unpaired) electrons. The van der Waals surface area contributed by atoms with E-state index in [0.717, 1.165) is 0 Å². The van der Waals surface area contributed by atoms with Crippen LogP contribution in [0.3, 0.4) is 0 Å². The maximum Gasteiger partial charge on any atom is 0.0476 e. The van der Waals surface area contributed by atoms with Crippen molar-refractivity contribution in [1.29, 1.82) is 0 Å². The summed E-state index contributed by atoms with van der Waals surface area (Å²) in [5, 5.41) is 0. The van der Waals surface area contributed by atoms with E-state index in [0.29, 0.717) is 5.88 Å². The van der Waals surface area contributed by atoms with E-state index in [1.54, 1.807) is 0 Å². The van der Waals surface area contributed by atoms with Crippen molar-refractivity contribution in [2.75, 3.05) is 0 Å². The van der Waals surface area contributed by atoms with Crippen molar-refractivity contribution in [1.82, 2.24) is 0 Å². The van der Waals surface area contributed by atoms with E-state index in [1.165, 1.54) is 48.8 Å². The van der Waals surface area contributed by atoms with Crippen molar-refractivity contribution < 1.29 is 0 Å². The Bertz CT molecular complexity index is 291. The summed E-state index contributed by atoms with van der Waals surface area (Å²) in [6.07, 6.45) is 6.54. The zero-order valence-corrected chi connectivity index (χ0v) is 8.61. The molecular weight excluding hydrogens is 180 g/mol. The van der Waals surface area contributed by atoms with Crippen LogP contribution in [0.1, 0.15) is 36.0 Å². The summed E-state index contributed by atoms with van der Waals surface area (Å²) in [4.78, 5) is 0. The highest BCUT2D eigenvalue weighted by molar-refractivity contribution is 6.17. The van der Waals surface area contributed by atoms with Crippen LogP contribution in [0.15, 0.2) is 18.2 Å². The number of aryl methyl sites for hydroxylation is 1. The van der Waals surface area contributed by atoms with Crippen LogP contribution < -0.4 is 0 Å². The molecule has 0 amide bonds. The second-order valence-corrected chi connectivity index (χ2v) is 4.02. The largest absolute Gasteiger partial charge is 0.122 e. The van der Waals surface area contributed by atoms with Gasteiger partial charge in [-0.3, -0.25) is 0 Å². The molecule has 0 spiro atoms. The molecule has 2 rings (SSSR count). The quantitative estimate of drug-likeness (QED) is 0.473. The molecule has 0 fully saturated rings. The third-order valence-electron chi connectivity index (χ3n) is 2.89. The van der Waals surface area contributed by atoms with Gasteiger partial charge in [0.15, 0.2) is 0 Å². The van der Waals surface area contributed by atoms with E-state index >= 15 is 0 Å². The second kappa shape index (κ2) is 4.15. The lowest BCUT2D eigenvalue weighted by Crippen LogP contribution is -1.95. The topological polar surface area (TPSA) is 0 Å². The fraction of sp³-hybridized carbons (Fsp3) is 0.500. The van der Waals surface area contributed by atoms with Crippen molar-refractivity contribution in [3.63, 3.8) is 0 Å². The Morgan fingerprint density at radius 3 is 2.77 bits per heavy atom. The van der Waals surface area contributed by atoms with E-state index in [4.69, 9.17) is 11.6 Å². The number of rotatable bonds is 1. The predicted molar refractivity (Wildman–Crippen MR) is 57.3 cm³/mol. The van der Waals surface area contributed by atoms with E-state index in [-0.39, 0.29) is 0 Å². The van der Waals surface area contributed by atoms with Crippen LogP contribution in [-0.4, -0.2) is 0 Å². The molecule has 0 atom stereocenters. The van der Waals surface area contributed by atoms with E-state index < -0.39 is 0 Å². The molecule has 0 bridgehead atoms. The monoisotopic (exact) mass is 194 g/mol. The van der Waals surface area contributed by atoms with Gasteiger partial charge in [0, 0.05) is 5.88 Å². The molecule has 1 aliphatic carbocycles. The molecule has 0 saturated carbocycles. The first kappa shape index (κ1) is 9.08. The number of benzene rings is 1. The van der Waals surface area contributed by atoms with Crippen LogP contribution in [0, 0.1) is 0 Å². The van der Waals surface area contributed by atoms with Crippen molar-refractivity contribution in [2.45, 2.75) is 38.0 Å². The van der Waals surface area contributed by atoms with Gasteiger partial charge in [0.1, 0.15) is 0 Å². The van der Waals surface area contributed by atoms with Gasteiger partial charge in [-0.25, -0.2) is 0 Å².